The number of aromatic nitrogens is 4. The van der Waals surface area contributed by atoms with Crippen LogP contribution in [0, 0.1) is 18.5 Å². The molecule has 0 amide bonds. The molecule has 0 spiro atoms. The molecule has 1 fully saturated rings. The Morgan fingerprint density at radius 3 is 2.47 bits per heavy atom. The van der Waals surface area contributed by atoms with E-state index in [1.54, 1.807) is 4.68 Å². The van der Waals surface area contributed by atoms with Crippen molar-refractivity contribution in [3.8, 4) is 5.95 Å². The standard InChI is InChI=1S/C12H14N4S/c1-7-5-8(2)14-12(13-7)16-11(17)6-10(15-16)9-3-4-9/h5-6,9,15H,3-4H2,1-2H3. The van der Waals surface area contributed by atoms with Crippen molar-refractivity contribution in [3.05, 3.63) is 33.9 Å². The van der Waals surface area contributed by atoms with E-state index in [9.17, 15) is 0 Å². The van der Waals surface area contributed by atoms with Gasteiger partial charge in [0, 0.05) is 23.0 Å². The molecule has 1 N–H and O–H groups in total. The summed E-state index contributed by atoms with van der Waals surface area (Å²) in [6, 6.07) is 3.98. The molecular weight excluding hydrogens is 232 g/mol. The van der Waals surface area contributed by atoms with E-state index in [0.29, 0.717) is 11.9 Å². The lowest BCUT2D eigenvalue weighted by atomic mass is 10.3. The number of rotatable bonds is 2. The zero-order valence-corrected chi connectivity index (χ0v) is 10.7. The monoisotopic (exact) mass is 246 g/mol. The maximum atomic E-state index is 5.34. The lowest BCUT2D eigenvalue weighted by Gasteiger charge is -2.03. The van der Waals surface area contributed by atoms with Crippen LogP contribution in [0.25, 0.3) is 5.95 Å². The lowest BCUT2D eigenvalue weighted by molar-refractivity contribution is 0.765. The molecule has 0 atom stereocenters. The molecule has 1 aliphatic carbocycles. The highest BCUT2D eigenvalue weighted by atomic mass is 32.1. The molecule has 0 bridgehead atoms. The van der Waals surface area contributed by atoms with E-state index in [4.69, 9.17) is 12.2 Å². The van der Waals surface area contributed by atoms with Crippen LogP contribution in [0.4, 0.5) is 0 Å². The normalized spacial score (nSPS) is 15.2. The van der Waals surface area contributed by atoms with Crippen LogP contribution in [0.2, 0.25) is 0 Å². The predicted octanol–water partition coefficient (Wildman–Crippen LogP) is 2.82. The fourth-order valence-corrected chi connectivity index (χ4v) is 2.23. The second-order valence-corrected chi connectivity index (χ2v) is 5.03. The second kappa shape index (κ2) is 3.77. The molecule has 1 saturated carbocycles. The summed E-state index contributed by atoms with van der Waals surface area (Å²) in [7, 11) is 0. The van der Waals surface area contributed by atoms with Gasteiger partial charge >= 0.3 is 0 Å². The summed E-state index contributed by atoms with van der Waals surface area (Å²) in [5.41, 5.74) is 3.12. The van der Waals surface area contributed by atoms with Crippen molar-refractivity contribution >= 4 is 12.2 Å². The van der Waals surface area contributed by atoms with Gasteiger partial charge in [0.1, 0.15) is 4.64 Å². The Labute approximate surface area is 105 Å². The van der Waals surface area contributed by atoms with Gasteiger partial charge < -0.3 is 0 Å². The van der Waals surface area contributed by atoms with Gasteiger partial charge in [0.05, 0.1) is 0 Å². The Morgan fingerprint density at radius 1 is 1.24 bits per heavy atom. The molecular formula is C12H14N4S. The Balaban J connectivity index is 2.10. The number of hydrogen-bond donors (Lipinski definition) is 1. The molecule has 0 aliphatic heterocycles. The van der Waals surface area contributed by atoms with Crippen LogP contribution in [0.1, 0.15) is 35.8 Å². The number of aryl methyl sites for hydroxylation is 2. The molecule has 3 rings (SSSR count). The molecule has 5 heteroatoms. The quantitative estimate of drug-likeness (QED) is 0.829. The first kappa shape index (κ1) is 10.7. The van der Waals surface area contributed by atoms with E-state index >= 15 is 0 Å². The number of hydrogen-bond acceptors (Lipinski definition) is 3. The van der Waals surface area contributed by atoms with Crippen LogP contribution in [-0.4, -0.2) is 19.7 Å². The van der Waals surface area contributed by atoms with Gasteiger partial charge in [-0.1, -0.05) is 12.2 Å². The van der Waals surface area contributed by atoms with Crippen molar-refractivity contribution in [2.75, 3.05) is 0 Å². The summed E-state index contributed by atoms with van der Waals surface area (Å²) in [5, 5.41) is 3.30. The highest BCUT2D eigenvalue weighted by molar-refractivity contribution is 7.71. The van der Waals surface area contributed by atoms with E-state index in [2.05, 4.69) is 15.1 Å². The van der Waals surface area contributed by atoms with Crippen molar-refractivity contribution in [2.24, 2.45) is 0 Å². The number of nitrogens with zero attached hydrogens (tertiary/aromatic N) is 3. The number of aromatic amines is 1. The Hall–Kier alpha value is -1.49. The van der Waals surface area contributed by atoms with Crippen molar-refractivity contribution in [2.45, 2.75) is 32.6 Å². The largest absolute Gasteiger partial charge is 0.294 e. The highest BCUT2D eigenvalue weighted by Crippen LogP contribution is 2.39. The van der Waals surface area contributed by atoms with E-state index in [1.807, 2.05) is 26.0 Å². The van der Waals surface area contributed by atoms with Gasteiger partial charge in [-0.2, -0.15) is 0 Å². The molecule has 2 aromatic heterocycles. The van der Waals surface area contributed by atoms with Gasteiger partial charge in [-0.25, -0.2) is 14.6 Å². The van der Waals surface area contributed by atoms with Gasteiger partial charge in [0.15, 0.2) is 0 Å². The maximum Gasteiger partial charge on any atom is 0.250 e. The fourth-order valence-electron chi connectivity index (χ4n) is 1.97. The highest BCUT2D eigenvalue weighted by Gasteiger charge is 2.25. The first-order valence-electron chi connectivity index (χ1n) is 5.78. The smallest absolute Gasteiger partial charge is 0.250 e. The third kappa shape index (κ3) is 2.02. The number of nitrogens with one attached hydrogen (secondary N) is 1. The van der Waals surface area contributed by atoms with E-state index in [0.717, 1.165) is 16.0 Å². The zero-order valence-electron chi connectivity index (χ0n) is 9.90. The van der Waals surface area contributed by atoms with Gasteiger partial charge in [-0.3, -0.25) is 5.10 Å². The summed E-state index contributed by atoms with van der Waals surface area (Å²) in [6.45, 7) is 3.93. The SMILES string of the molecule is Cc1cc(C)nc(-n2[nH]c(C3CC3)cc2=S)n1. The predicted molar refractivity (Wildman–Crippen MR) is 68.0 cm³/mol. The molecule has 2 heterocycles. The molecule has 1 aliphatic rings. The molecule has 88 valence electrons. The van der Waals surface area contributed by atoms with Gasteiger partial charge in [-0.05, 0) is 38.8 Å². The Bertz CT molecular complexity index is 601. The summed E-state index contributed by atoms with van der Waals surface area (Å²) < 4.78 is 2.54. The van der Waals surface area contributed by atoms with Crippen molar-refractivity contribution in [1.29, 1.82) is 0 Å². The van der Waals surface area contributed by atoms with Crippen LogP contribution >= 0.6 is 12.2 Å². The van der Waals surface area contributed by atoms with Crippen LogP contribution in [0.5, 0.6) is 0 Å². The topological polar surface area (TPSA) is 46.5 Å². The second-order valence-electron chi connectivity index (χ2n) is 4.61. The van der Waals surface area contributed by atoms with Crippen molar-refractivity contribution < 1.29 is 0 Å². The summed E-state index contributed by atoms with van der Waals surface area (Å²) >= 11 is 5.34. The van der Waals surface area contributed by atoms with Gasteiger partial charge in [0.25, 0.3) is 5.95 Å². The lowest BCUT2D eigenvalue weighted by Crippen LogP contribution is -2.05. The van der Waals surface area contributed by atoms with Crippen LogP contribution in [0.15, 0.2) is 12.1 Å². The minimum Gasteiger partial charge on any atom is -0.294 e. The van der Waals surface area contributed by atoms with E-state index < -0.39 is 0 Å². The van der Waals surface area contributed by atoms with Crippen LogP contribution in [0.3, 0.4) is 0 Å². The van der Waals surface area contributed by atoms with Crippen LogP contribution in [-0.2, 0) is 0 Å². The molecule has 0 radical (unpaired) electrons. The Kier molecular flexibility index (Phi) is 2.36. The number of H-pyrrole nitrogens is 1. The van der Waals surface area contributed by atoms with Gasteiger partial charge in [0.2, 0.25) is 0 Å². The molecule has 2 aromatic rings. The average Bonchev–Trinajstić information content (AvgIpc) is 3.01. The summed E-state index contributed by atoms with van der Waals surface area (Å²) in [4.78, 5) is 8.82. The fraction of sp³-hybridized carbons (Fsp3) is 0.417. The average molecular weight is 246 g/mol. The van der Waals surface area contributed by atoms with E-state index in [1.165, 1.54) is 18.5 Å². The minimum absolute atomic E-state index is 0.638. The minimum atomic E-state index is 0.638. The third-order valence-electron chi connectivity index (χ3n) is 2.93. The summed E-state index contributed by atoms with van der Waals surface area (Å²) in [6.07, 6.45) is 2.51. The summed E-state index contributed by atoms with van der Waals surface area (Å²) in [5.74, 6) is 1.29. The molecule has 4 nitrogen and oxygen atoms in total. The van der Waals surface area contributed by atoms with E-state index in [-0.39, 0.29) is 0 Å². The van der Waals surface area contributed by atoms with Crippen molar-refractivity contribution in [1.82, 2.24) is 19.7 Å². The third-order valence-corrected chi connectivity index (χ3v) is 3.23. The van der Waals surface area contributed by atoms with Gasteiger partial charge in [-0.15, -0.1) is 0 Å². The maximum absolute atomic E-state index is 5.34. The first-order valence-corrected chi connectivity index (χ1v) is 6.19. The first-order chi connectivity index (χ1) is 8.13. The van der Waals surface area contributed by atoms with Crippen LogP contribution < -0.4 is 0 Å². The molecule has 0 saturated heterocycles. The molecule has 17 heavy (non-hydrogen) atoms. The Morgan fingerprint density at radius 2 is 1.88 bits per heavy atom. The zero-order chi connectivity index (χ0) is 12.0. The molecule has 0 unspecified atom stereocenters. The molecule has 0 aromatic carbocycles. The van der Waals surface area contributed by atoms with Crippen molar-refractivity contribution in [3.63, 3.8) is 0 Å².